The third-order valence-corrected chi connectivity index (χ3v) is 5.41. The maximum absolute atomic E-state index is 13.4. The lowest BCUT2D eigenvalue weighted by Crippen LogP contribution is -2.29. The minimum atomic E-state index is -0.863. The zero-order valence-corrected chi connectivity index (χ0v) is 24.8. The van der Waals surface area contributed by atoms with Crippen LogP contribution in [0.4, 0.5) is 10.1 Å². The van der Waals surface area contributed by atoms with Crippen molar-refractivity contribution >= 4 is 28.8 Å². The molecule has 0 amide bonds. The number of aromatic nitrogens is 1. The number of anilines is 1. The Morgan fingerprint density at radius 3 is 2.00 bits per heavy atom. The van der Waals surface area contributed by atoms with Crippen LogP contribution in [0.2, 0.25) is 0 Å². The van der Waals surface area contributed by atoms with E-state index >= 15 is 0 Å². The fourth-order valence-corrected chi connectivity index (χ4v) is 4.23. The van der Waals surface area contributed by atoms with Crippen LogP contribution in [0.25, 0.3) is 22.0 Å². The first-order valence-corrected chi connectivity index (χ1v) is 12.9. The molecule has 3 aromatic rings. The smallest absolute Gasteiger partial charge is 0.307 e. The van der Waals surface area contributed by atoms with Crippen molar-refractivity contribution in [3.8, 4) is 24.0 Å². The average molecular weight is 525 g/mol. The molecule has 5 nitrogen and oxygen atoms in total. The van der Waals surface area contributed by atoms with Crippen LogP contribution in [0, 0.1) is 37.9 Å². The molecule has 0 saturated heterocycles. The Kier molecular flexibility index (Phi) is 14.1. The van der Waals surface area contributed by atoms with Crippen LogP contribution in [0.1, 0.15) is 65.3 Å². The zero-order valence-electron chi connectivity index (χ0n) is 24.8. The summed E-state index contributed by atoms with van der Waals surface area (Å²) < 4.78 is 15.7. The van der Waals surface area contributed by atoms with Gasteiger partial charge in [-0.2, -0.15) is 0 Å². The van der Waals surface area contributed by atoms with Gasteiger partial charge < -0.3 is 19.4 Å². The summed E-state index contributed by atoms with van der Waals surface area (Å²) in [6.07, 6.45) is 8.69. The van der Waals surface area contributed by atoms with Crippen molar-refractivity contribution in [2.45, 2.75) is 75.3 Å². The molecule has 0 unspecified atom stereocenters. The van der Waals surface area contributed by atoms with Gasteiger partial charge in [-0.05, 0) is 66.6 Å². The number of carboxylic acid groups (broad SMARTS) is 1. The van der Waals surface area contributed by atoms with E-state index in [-0.39, 0.29) is 12.2 Å². The van der Waals surface area contributed by atoms with Gasteiger partial charge in [0.1, 0.15) is 12.1 Å². The number of rotatable bonds is 3. The first-order valence-electron chi connectivity index (χ1n) is 12.9. The van der Waals surface area contributed by atoms with Crippen molar-refractivity contribution < 1.29 is 19.1 Å². The van der Waals surface area contributed by atoms with Crippen molar-refractivity contribution in [1.82, 2.24) is 4.57 Å². The molecule has 6 heteroatoms. The molecule has 0 fully saturated rings. The van der Waals surface area contributed by atoms with Crippen LogP contribution < -0.4 is 4.90 Å². The van der Waals surface area contributed by atoms with Gasteiger partial charge in [0, 0.05) is 31.2 Å². The zero-order chi connectivity index (χ0) is 29.8. The Morgan fingerprint density at radius 2 is 1.55 bits per heavy atom. The second-order valence-electron chi connectivity index (χ2n) is 10.3. The minimum absolute atomic E-state index is 0.0560. The molecular weight excluding hydrogens is 479 g/mol. The normalized spacial score (nSPS) is 11.3. The largest absolute Gasteiger partial charge is 0.481 e. The summed E-state index contributed by atoms with van der Waals surface area (Å²) in [5, 5.41) is 10.5. The van der Waals surface area contributed by atoms with Crippen molar-refractivity contribution in [2.75, 3.05) is 18.5 Å². The second-order valence-corrected chi connectivity index (χ2v) is 10.3. The third-order valence-electron chi connectivity index (χ3n) is 5.41. The number of likely N-dealkylation sites (N-methyl/N-ethyl adjacent to an activating group) is 1. The van der Waals surface area contributed by atoms with E-state index in [2.05, 4.69) is 70.0 Å². The Labute approximate surface area is 228 Å². The predicted octanol–water partition coefficient (Wildman–Crippen LogP) is 7.67. The van der Waals surface area contributed by atoms with Crippen molar-refractivity contribution in [3.05, 3.63) is 53.0 Å². The number of benzene rings is 2. The van der Waals surface area contributed by atoms with Gasteiger partial charge in [-0.1, -0.05) is 53.7 Å². The number of halogens is 1. The molecule has 4 rings (SSSR count). The summed E-state index contributed by atoms with van der Waals surface area (Å²) in [4.78, 5) is 22.6. The van der Waals surface area contributed by atoms with Crippen LogP contribution >= 0.6 is 0 Å². The highest BCUT2D eigenvalue weighted by Gasteiger charge is 2.27. The first kappa shape index (κ1) is 34.4. The van der Waals surface area contributed by atoms with E-state index in [0.29, 0.717) is 5.41 Å². The van der Waals surface area contributed by atoms with Gasteiger partial charge in [0.15, 0.2) is 0 Å². The van der Waals surface area contributed by atoms with E-state index in [0.717, 1.165) is 63.9 Å². The lowest BCUT2D eigenvalue weighted by molar-refractivity contribution is -0.136. The number of carboxylic acids is 1. The highest BCUT2D eigenvalue weighted by molar-refractivity contribution is 6.07. The van der Waals surface area contributed by atoms with Gasteiger partial charge >= 0.3 is 5.97 Å². The molecule has 2 heterocycles. The molecule has 1 aliphatic rings. The van der Waals surface area contributed by atoms with Crippen LogP contribution in [0.15, 0.2) is 30.3 Å². The number of hydrogen-bond donors (Lipinski definition) is 1. The minimum Gasteiger partial charge on any atom is -0.481 e. The molecule has 0 radical (unpaired) electrons. The van der Waals surface area contributed by atoms with E-state index in [1.54, 1.807) is 12.1 Å². The molecule has 208 valence electrons. The summed E-state index contributed by atoms with van der Waals surface area (Å²) in [5.41, 5.74) is 7.44. The Balaban J connectivity index is 0.000000981. The molecule has 0 spiro atoms. The van der Waals surface area contributed by atoms with E-state index in [9.17, 15) is 14.3 Å². The number of carbonyl (C=O) groups is 2. The van der Waals surface area contributed by atoms with E-state index in [4.69, 9.17) is 4.79 Å². The molecule has 38 heavy (non-hydrogen) atoms. The lowest BCUT2D eigenvalue weighted by Gasteiger charge is -2.31. The fourth-order valence-electron chi connectivity index (χ4n) is 4.23. The Bertz CT molecular complexity index is 1210. The summed E-state index contributed by atoms with van der Waals surface area (Å²) in [7, 11) is 2.05. The van der Waals surface area contributed by atoms with Gasteiger partial charge in [0.2, 0.25) is 0 Å². The standard InChI is InChI=1S/C21H21FN2O2.C5H12.C2H4O.C2H6.C2H2/c1-12-10-17-19(14-4-6-15(22)7-5-14)16(11-18(25)26)13(2)20-21(17)24(12)9-8-23(20)3;1-5(2,3)4;1-2-3;2*1-2/h4-7,10H,8-9,11H2,1-3H3,(H,25,26);1-4H3;2H,1H3;1-2H3;1-2H. The Hall–Kier alpha value is -3.59. The molecule has 0 bridgehead atoms. The van der Waals surface area contributed by atoms with Gasteiger partial charge in [-0.25, -0.2) is 4.39 Å². The monoisotopic (exact) mass is 524 g/mol. The number of carbonyl (C=O) groups excluding carboxylic acids is 1. The summed E-state index contributed by atoms with van der Waals surface area (Å²) >= 11 is 0. The number of aliphatic carboxylic acids is 1. The third kappa shape index (κ3) is 9.06. The van der Waals surface area contributed by atoms with Gasteiger partial charge in [-0.15, -0.1) is 12.8 Å². The van der Waals surface area contributed by atoms with Crippen molar-refractivity contribution in [2.24, 2.45) is 5.41 Å². The van der Waals surface area contributed by atoms with Crippen LogP contribution in [0.3, 0.4) is 0 Å². The van der Waals surface area contributed by atoms with Crippen LogP contribution in [-0.2, 0) is 22.6 Å². The topological polar surface area (TPSA) is 62.5 Å². The van der Waals surface area contributed by atoms with Gasteiger partial charge in [0.05, 0.1) is 17.6 Å². The van der Waals surface area contributed by atoms with Gasteiger partial charge in [-0.3, -0.25) is 4.79 Å². The van der Waals surface area contributed by atoms with Crippen molar-refractivity contribution in [3.63, 3.8) is 0 Å². The summed E-state index contributed by atoms with van der Waals surface area (Å²) in [6.45, 7) is 20.1. The van der Waals surface area contributed by atoms with Gasteiger partial charge in [0.25, 0.3) is 0 Å². The maximum Gasteiger partial charge on any atom is 0.307 e. The lowest BCUT2D eigenvalue weighted by atomic mass is 9.88. The first-order chi connectivity index (χ1) is 17.8. The molecule has 0 aliphatic carbocycles. The number of nitrogens with zero attached hydrogens (tertiary/aromatic N) is 2. The highest BCUT2D eigenvalue weighted by atomic mass is 19.1. The number of aldehydes is 1. The quantitative estimate of drug-likeness (QED) is 0.282. The number of terminal acetylenes is 1. The second kappa shape index (κ2) is 15.6. The Morgan fingerprint density at radius 1 is 1.08 bits per heavy atom. The maximum atomic E-state index is 13.4. The molecule has 1 N–H and O–H groups in total. The predicted molar refractivity (Wildman–Crippen MR) is 160 cm³/mol. The molecular formula is C32H45FN2O3. The SMILES string of the molecule is C#C.CC.CC(C)(C)C.CC=O.Cc1c(CC(=O)O)c(-c2ccc(F)cc2)c2cc(C)n3c2c1N(C)CC3. The number of hydrogen-bond acceptors (Lipinski definition) is 3. The fraction of sp³-hybridized carbons (Fsp3) is 0.438. The summed E-state index contributed by atoms with van der Waals surface area (Å²) in [6, 6.07) is 8.45. The molecule has 1 aromatic heterocycles. The molecule has 2 aromatic carbocycles. The van der Waals surface area contributed by atoms with E-state index in [1.165, 1.54) is 19.1 Å². The van der Waals surface area contributed by atoms with Crippen LogP contribution in [-0.4, -0.2) is 35.5 Å². The highest BCUT2D eigenvalue weighted by Crippen LogP contribution is 2.44. The number of aryl methyl sites for hydroxylation is 1. The molecule has 1 aliphatic heterocycles. The van der Waals surface area contributed by atoms with E-state index < -0.39 is 5.97 Å². The average Bonchev–Trinajstić information content (AvgIpc) is 3.17. The molecule has 0 saturated carbocycles. The molecule has 0 atom stereocenters. The van der Waals surface area contributed by atoms with Crippen molar-refractivity contribution in [1.29, 1.82) is 0 Å². The van der Waals surface area contributed by atoms with E-state index in [1.807, 2.05) is 20.8 Å². The van der Waals surface area contributed by atoms with Crippen LogP contribution in [0.5, 0.6) is 0 Å². The summed E-state index contributed by atoms with van der Waals surface area (Å²) in [5.74, 6) is -1.16.